The highest BCUT2D eigenvalue weighted by Gasteiger charge is 2.25. The van der Waals surface area contributed by atoms with Crippen molar-refractivity contribution in [3.63, 3.8) is 0 Å². The number of carbonyl (C=O) groups excluding carboxylic acids is 1. The number of para-hydroxylation sites is 2. The fourth-order valence-corrected chi connectivity index (χ4v) is 4.64. The molecule has 2 heterocycles. The minimum atomic E-state index is -0.450. The highest BCUT2D eigenvalue weighted by molar-refractivity contribution is 8.00. The summed E-state index contributed by atoms with van der Waals surface area (Å²) in [6.07, 6.45) is -0.444. The number of halogens is 1. The number of hydrogen-bond acceptors (Lipinski definition) is 8. The Morgan fingerprint density at radius 2 is 1.79 bits per heavy atom. The Kier molecular flexibility index (Phi) is 7.26. The van der Waals surface area contributed by atoms with Gasteiger partial charge in [0.25, 0.3) is 0 Å². The number of aryl methyl sites for hydroxylation is 1. The van der Waals surface area contributed by atoms with Crippen LogP contribution in [0.15, 0.2) is 59.8 Å². The largest absolute Gasteiger partial charge is 0.481 e. The first kappa shape index (κ1) is 23.2. The second kappa shape index (κ2) is 10.3. The molecule has 33 heavy (non-hydrogen) atoms. The summed E-state index contributed by atoms with van der Waals surface area (Å²) in [7, 11) is 0. The second-order valence-corrected chi connectivity index (χ2v) is 9.97. The molecule has 0 spiro atoms. The monoisotopic (exact) mass is 500 g/mol. The molecule has 8 nitrogen and oxygen atoms in total. The van der Waals surface area contributed by atoms with E-state index in [1.807, 2.05) is 60.9 Å². The lowest BCUT2D eigenvalue weighted by Gasteiger charge is -2.18. The Balaban J connectivity index is 1.59. The van der Waals surface area contributed by atoms with Gasteiger partial charge in [-0.2, -0.15) is 0 Å². The number of nitrogens with zero attached hydrogens (tertiary/aromatic N) is 5. The number of carbonyl (C=O) groups is 1. The van der Waals surface area contributed by atoms with Crippen LogP contribution in [0.1, 0.15) is 30.8 Å². The van der Waals surface area contributed by atoms with E-state index >= 15 is 0 Å². The molecule has 4 aromatic rings. The molecule has 11 heteroatoms. The predicted molar refractivity (Wildman–Crippen MR) is 130 cm³/mol. The van der Waals surface area contributed by atoms with Crippen LogP contribution in [0.5, 0.6) is 5.75 Å². The SMILES string of the molecule is Cc1nnc(NC(=O)C(C)Sc2nnc(C(C)Oc3ccccc3Cl)n2-c2ccccc2)s1. The summed E-state index contributed by atoms with van der Waals surface area (Å²) in [5.74, 6) is 0.959. The van der Waals surface area contributed by atoms with E-state index in [4.69, 9.17) is 16.3 Å². The van der Waals surface area contributed by atoms with Gasteiger partial charge in [-0.25, -0.2) is 0 Å². The predicted octanol–water partition coefficient (Wildman–Crippen LogP) is 5.34. The first-order valence-electron chi connectivity index (χ1n) is 10.1. The van der Waals surface area contributed by atoms with Crippen molar-refractivity contribution in [1.82, 2.24) is 25.0 Å². The zero-order valence-electron chi connectivity index (χ0n) is 18.1. The van der Waals surface area contributed by atoms with E-state index in [0.29, 0.717) is 26.9 Å². The number of aromatic nitrogens is 5. The van der Waals surface area contributed by atoms with Crippen molar-refractivity contribution in [3.05, 3.63) is 70.5 Å². The number of rotatable bonds is 8. The third-order valence-electron chi connectivity index (χ3n) is 4.58. The molecule has 2 atom stereocenters. The van der Waals surface area contributed by atoms with Crippen LogP contribution in [0, 0.1) is 6.92 Å². The van der Waals surface area contributed by atoms with E-state index in [2.05, 4.69) is 25.7 Å². The lowest BCUT2D eigenvalue weighted by atomic mass is 10.3. The summed E-state index contributed by atoms with van der Waals surface area (Å²) in [4.78, 5) is 12.7. The molecule has 1 N–H and O–H groups in total. The quantitative estimate of drug-likeness (QED) is 0.326. The van der Waals surface area contributed by atoms with Crippen LogP contribution in [0.25, 0.3) is 5.69 Å². The summed E-state index contributed by atoms with van der Waals surface area (Å²) >= 11 is 8.89. The van der Waals surface area contributed by atoms with Gasteiger partial charge < -0.3 is 4.74 Å². The first-order valence-corrected chi connectivity index (χ1v) is 12.2. The normalized spacial score (nSPS) is 12.8. The van der Waals surface area contributed by atoms with Crippen LogP contribution in [0.3, 0.4) is 0 Å². The highest BCUT2D eigenvalue weighted by Crippen LogP contribution is 2.32. The van der Waals surface area contributed by atoms with E-state index in [9.17, 15) is 4.79 Å². The Hall–Kier alpha value is -2.95. The van der Waals surface area contributed by atoms with Crippen LogP contribution in [0.2, 0.25) is 5.02 Å². The van der Waals surface area contributed by atoms with Crippen molar-refractivity contribution in [2.45, 2.75) is 37.3 Å². The van der Waals surface area contributed by atoms with Gasteiger partial charge >= 0.3 is 0 Å². The third kappa shape index (κ3) is 5.52. The topological polar surface area (TPSA) is 94.8 Å². The number of anilines is 1. The van der Waals surface area contributed by atoms with Crippen molar-refractivity contribution < 1.29 is 9.53 Å². The highest BCUT2D eigenvalue weighted by atomic mass is 35.5. The molecular weight excluding hydrogens is 480 g/mol. The van der Waals surface area contributed by atoms with E-state index in [0.717, 1.165) is 10.7 Å². The van der Waals surface area contributed by atoms with Crippen LogP contribution in [0.4, 0.5) is 5.13 Å². The van der Waals surface area contributed by atoms with Crippen molar-refractivity contribution in [1.29, 1.82) is 0 Å². The van der Waals surface area contributed by atoms with Crippen molar-refractivity contribution >= 4 is 45.7 Å². The van der Waals surface area contributed by atoms with Gasteiger partial charge in [-0.1, -0.05) is 65.0 Å². The molecule has 0 bridgehead atoms. The van der Waals surface area contributed by atoms with Crippen LogP contribution < -0.4 is 10.1 Å². The number of nitrogens with one attached hydrogen (secondary N) is 1. The summed E-state index contributed by atoms with van der Waals surface area (Å²) < 4.78 is 7.98. The van der Waals surface area contributed by atoms with Crippen LogP contribution in [-0.4, -0.2) is 36.1 Å². The summed E-state index contributed by atoms with van der Waals surface area (Å²) in [5.41, 5.74) is 0.863. The van der Waals surface area contributed by atoms with Gasteiger partial charge in [0, 0.05) is 5.69 Å². The zero-order valence-corrected chi connectivity index (χ0v) is 20.5. The number of benzene rings is 2. The molecule has 0 radical (unpaired) electrons. The molecule has 0 saturated heterocycles. The van der Waals surface area contributed by atoms with E-state index in [1.54, 1.807) is 19.1 Å². The first-order chi connectivity index (χ1) is 15.9. The molecular formula is C22H21ClN6O2S2. The average molecular weight is 501 g/mol. The standard InChI is InChI=1S/C22H21ClN6O2S2/c1-13(31-18-12-8-7-11-17(18)23)19-26-28-22(29(19)16-9-5-4-6-10-16)32-14(2)20(30)24-21-27-25-15(3)33-21/h4-14H,1-3H3,(H,24,27,30). The third-order valence-corrected chi connectivity index (χ3v) is 6.69. The maximum absolute atomic E-state index is 12.7. The van der Waals surface area contributed by atoms with Gasteiger partial charge in [0.2, 0.25) is 11.0 Å². The molecule has 0 fully saturated rings. The van der Waals surface area contributed by atoms with Crippen LogP contribution in [-0.2, 0) is 4.79 Å². The molecule has 0 aliphatic rings. The Morgan fingerprint density at radius 1 is 1.06 bits per heavy atom. The summed E-state index contributed by atoms with van der Waals surface area (Å²) in [6, 6.07) is 17.0. The molecule has 0 saturated carbocycles. The lowest BCUT2D eigenvalue weighted by molar-refractivity contribution is -0.115. The molecule has 2 aromatic carbocycles. The Morgan fingerprint density at radius 3 is 2.48 bits per heavy atom. The number of amides is 1. The molecule has 1 amide bonds. The van der Waals surface area contributed by atoms with Gasteiger partial charge in [-0.3, -0.25) is 14.7 Å². The average Bonchev–Trinajstić information content (AvgIpc) is 3.41. The fourth-order valence-electron chi connectivity index (χ4n) is 2.99. The summed E-state index contributed by atoms with van der Waals surface area (Å²) in [5, 5.41) is 21.3. The molecule has 2 unspecified atom stereocenters. The molecule has 170 valence electrons. The number of thioether (sulfide) groups is 1. The Bertz CT molecular complexity index is 1250. The van der Waals surface area contributed by atoms with Crippen LogP contribution >= 0.6 is 34.7 Å². The Labute approximate surface area is 204 Å². The molecule has 0 aliphatic carbocycles. The molecule has 4 rings (SSSR count). The van der Waals surface area contributed by atoms with E-state index < -0.39 is 11.4 Å². The van der Waals surface area contributed by atoms with E-state index in [-0.39, 0.29) is 5.91 Å². The minimum absolute atomic E-state index is 0.194. The maximum atomic E-state index is 12.7. The zero-order chi connectivity index (χ0) is 23.4. The van der Waals surface area contributed by atoms with Crippen molar-refractivity contribution in [3.8, 4) is 11.4 Å². The molecule has 2 aromatic heterocycles. The minimum Gasteiger partial charge on any atom is -0.481 e. The van der Waals surface area contributed by atoms with Gasteiger partial charge in [-0.15, -0.1) is 20.4 Å². The van der Waals surface area contributed by atoms with Gasteiger partial charge in [-0.05, 0) is 45.0 Å². The maximum Gasteiger partial charge on any atom is 0.239 e. The smallest absolute Gasteiger partial charge is 0.239 e. The van der Waals surface area contributed by atoms with Gasteiger partial charge in [0.05, 0.1) is 10.3 Å². The molecule has 0 aliphatic heterocycles. The van der Waals surface area contributed by atoms with Gasteiger partial charge in [0.15, 0.2) is 17.1 Å². The van der Waals surface area contributed by atoms with E-state index in [1.165, 1.54) is 23.1 Å². The number of hydrogen-bond donors (Lipinski definition) is 1. The van der Waals surface area contributed by atoms with Crippen molar-refractivity contribution in [2.75, 3.05) is 5.32 Å². The second-order valence-electron chi connectivity index (χ2n) is 7.08. The number of ether oxygens (including phenoxy) is 1. The summed E-state index contributed by atoms with van der Waals surface area (Å²) in [6.45, 7) is 5.53. The lowest BCUT2D eigenvalue weighted by Crippen LogP contribution is -2.23. The van der Waals surface area contributed by atoms with Gasteiger partial charge in [0.1, 0.15) is 10.8 Å². The fraction of sp³-hybridized carbons (Fsp3) is 0.227. The van der Waals surface area contributed by atoms with Crippen molar-refractivity contribution in [2.24, 2.45) is 0 Å².